The van der Waals surface area contributed by atoms with E-state index in [1.165, 1.54) is 29.2 Å². The van der Waals surface area contributed by atoms with Gasteiger partial charge in [-0.05, 0) is 79.2 Å². The molecule has 4 aromatic carbocycles. The van der Waals surface area contributed by atoms with E-state index in [9.17, 15) is 14.4 Å². The summed E-state index contributed by atoms with van der Waals surface area (Å²) >= 11 is 27.3. The lowest BCUT2D eigenvalue weighted by molar-refractivity contribution is -0.115. The van der Waals surface area contributed by atoms with Gasteiger partial charge < -0.3 is 16.0 Å². The standard InChI is InChI=1S/C34H24Cl4N4O3S2/c1-19(31(43)42-34-41-30(18-46-34)26-13-12-23(36)16-28(26)38)47-25-9-5-8-24(17-25)39-33(45)29(14-21-10-11-22(35)15-27(21)37)40-32(44)20-6-3-2-4-7-20/h2-19H,1H3,(H,39,45)(H,40,44)(H,41,42,43)/b29-14+. The summed E-state index contributed by atoms with van der Waals surface area (Å²) in [6.07, 6.45) is 1.48. The lowest BCUT2D eigenvalue weighted by Crippen LogP contribution is -2.30. The minimum Gasteiger partial charge on any atom is -0.321 e. The maximum atomic E-state index is 13.5. The molecule has 1 atom stereocenters. The van der Waals surface area contributed by atoms with Crippen molar-refractivity contribution >= 4 is 104 Å². The van der Waals surface area contributed by atoms with Gasteiger partial charge in [-0.15, -0.1) is 23.1 Å². The lowest BCUT2D eigenvalue weighted by Gasteiger charge is -2.14. The molecular formula is C34H24Cl4N4O3S2. The van der Waals surface area contributed by atoms with E-state index in [4.69, 9.17) is 46.4 Å². The maximum Gasteiger partial charge on any atom is 0.272 e. The van der Waals surface area contributed by atoms with Crippen LogP contribution in [0.4, 0.5) is 10.8 Å². The van der Waals surface area contributed by atoms with E-state index in [1.54, 1.807) is 97.2 Å². The highest BCUT2D eigenvalue weighted by Crippen LogP contribution is 2.33. The largest absolute Gasteiger partial charge is 0.321 e. The van der Waals surface area contributed by atoms with Crippen molar-refractivity contribution in [1.82, 2.24) is 10.3 Å². The predicted molar refractivity (Wildman–Crippen MR) is 195 cm³/mol. The molecule has 0 aliphatic carbocycles. The average Bonchev–Trinajstić information content (AvgIpc) is 3.50. The number of hydrogen-bond donors (Lipinski definition) is 3. The number of nitrogens with zero attached hydrogens (tertiary/aromatic N) is 1. The number of rotatable bonds is 10. The molecule has 0 saturated heterocycles. The first-order valence-electron chi connectivity index (χ1n) is 13.9. The molecule has 47 heavy (non-hydrogen) atoms. The Morgan fingerprint density at radius 1 is 0.830 bits per heavy atom. The molecule has 0 aliphatic rings. The van der Waals surface area contributed by atoms with E-state index in [0.717, 1.165) is 4.90 Å². The highest BCUT2D eigenvalue weighted by Gasteiger charge is 2.19. The molecule has 0 radical (unpaired) electrons. The van der Waals surface area contributed by atoms with Gasteiger partial charge in [-0.2, -0.15) is 0 Å². The predicted octanol–water partition coefficient (Wildman–Crippen LogP) is 9.95. The Kier molecular flexibility index (Phi) is 11.6. The van der Waals surface area contributed by atoms with E-state index >= 15 is 0 Å². The van der Waals surface area contributed by atoms with Crippen molar-refractivity contribution in [3.8, 4) is 11.3 Å². The van der Waals surface area contributed by atoms with Gasteiger partial charge in [-0.3, -0.25) is 14.4 Å². The summed E-state index contributed by atoms with van der Waals surface area (Å²) in [6, 6.07) is 25.5. The minimum absolute atomic E-state index is 0.0309. The summed E-state index contributed by atoms with van der Waals surface area (Å²) < 4.78 is 0. The molecule has 1 aromatic heterocycles. The van der Waals surface area contributed by atoms with Gasteiger partial charge in [0.1, 0.15) is 5.70 Å². The number of halogens is 4. The Morgan fingerprint density at radius 3 is 2.28 bits per heavy atom. The van der Waals surface area contributed by atoms with Crippen molar-refractivity contribution in [3.05, 3.63) is 133 Å². The lowest BCUT2D eigenvalue weighted by atomic mass is 10.1. The zero-order valence-electron chi connectivity index (χ0n) is 24.4. The molecule has 7 nitrogen and oxygen atoms in total. The molecule has 5 rings (SSSR count). The van der Waals surface area contributed by atoms with Crippen LogP contribution >= 0.6 is 69.5 Å². The molecule has 5 aromatic rings. The quantitative estimate of drug-likeness (QED) is 0.0978. The Bertz CT molecular complexity index is 1990. The Morgan fingerprint density at radius 2 is 1.55 bits per heavy atom. The summed E-state index contributed by atoms with van der Waals surface area (Å²) in [7, 11) is 0. The third kappa shape index (κ3) is 9.38. The SMILES string of the molecule is CC(Sc1cccc(NC(=O)/C(=C\c2ccc(Cl)cc2Cl)NC(=O)c2ccccc2)c1)C(=O)Nc1nc(-c2ccc(Cl)cc2Cl)cs1. The molecule has 13 heteroatoms. The van der Waals surface area contributed by atoms with Crippen LogP contribution in [0.1, 0.15) is 22.8 Å². The molecule has 238 valence electrons. The Labute approximate surface area is 299 Å². The number of amides is 3. The van der Waals surface area contributed by atoms with Crippen LogP contribution in [0.5, 0.6) is 0 Å². The number of carbonyl (C=O) groups is 3. The molecule has 0 bridgehead atoms. The molecule has 0 fully saturated rings. The molecule has 1 heterocycles. The van der Waals surface area contributed by atoms with Gasteiger partial charge in [-0.1, -0.05) is 76.7 Å². The minimum atomic E-state index is -0.575. The second-order valence-corrected chi connectivity index (χ2v) is 13.9. The molecule has 3 N–H and O–H groups in total. The molecule has 0 aliphatic heterocycles. The van der Waals surface area contributed by atoms with E-state index < -0.39 is 17.1 Å². The topological polar surface area (TPSA) is 100 Å². The molecular weight excluding hydrogens is 718 g/mol. The number of carbonyl (C=O) groups excluding carboxylic acids is 3. The van der Waals surface area contributed by atoms with Crippen molar-refractivity contribution in [3.63, 3.8) is 0 Å². The number of thiazole rings is 1. The van der Waals surface area contributed by atoms with Crippen molar-refractivity contribution in [2.75, 3.05) is 10.6 Å². The second kappa shape index (κ2) is 15.8. The average molecular weight is 743 g/mol. The number of hydrogen-bond acceptors (Lipinski definition) is 6. The van der Waals surface area contributed by atoms with Crippen LogP contribution in [0.15, 0.2) is 107 Å². The fourth-order valence-electron chi connectivity index (χ4n) is 4.18. The van der Waals surface area contributed by atoms with Crippen LogP contribution in [0, 0.1) is 0 Å². The summed E-state index contributed by atoms with van der Waals surface area (Å²) in [5, 5.41) is 11.8. The fraction of sp³-hybridized carbons (Fsp3) is 0.0588. The summed E-state index contributed by atoms with van der Waals surface area (Å²) in [4.78, 5) is 44.7. The van der Waals surface area contributed by atoms with Crippen LogP contribution in [-0.4, -0.2) is 28.0 Å². The van der Waals surface area contributed by atoms with Gasteiger partial charge in [0.2, 0.25) is 5.91 Å². The van der Waals surface area contributed by atoms with E-state index in [1.807, 2.05) is 6.07 Å². The molecule has 0 saturated carbocycles. The third-order valence-electron chi connectivity index (χ3n) is 6.51. The van der Waals surface area contributed by atoms with E-state index in [2.05, 4.69) is 20.9 Å². The Hall–Kier alpha value is -3.83. The van der Waals surface area contributed by atoms with Crippen molar-refractivity contribution in [2.45, 2.75) is 17.1 Å². The monoisotopic (exact) mass is 740 g/mol. The highest BCUT2D eigenvalue weighted by atomic mass is 35.5. The first kappa shape index (κ1) is 34.5. The Balaban J connectivity index is 1.27. The summed E-state index contributed by atoms with van der Waals surface area (Å²) in [5.74, 6) is -1.29. The normalized spacial score (nSPS) is 11.9. The van der Waals surface area contributed by atoms with E-state index in [0.29, 0.717) is 53.3 Å². The molecule has 1 unspecified atom stereocenters. The number of aromatic nitrogens is 1. The van der Waals surface area contributed by atoms with Crippen molar-refractivity contribution < 1.29 is 14.4 Å². The van der Waals surface area contributed by atoms with Gasteiger partial charge in [0.25, 0.3) is 11.8 Å². The van der Waals surface area contributed by atoms with Crippen molar-refractivity contribution in [2.24, 2.45) is 0 Å². The summed E-state index contributed by atoms with van der Waals surface area (Å²) in [5.41, 5.74) is 2.63. The van der Waals surface area contributed by atoms with E-state index in [-0.39, 0.29) is 11.6 Å². The number of nitrogens with one attached hydrogen (secondary N) is 3. The highest BCUT2D eigenvalue weighted by molar-refractivity contribution is 8.00. The van der Waals surface area contributed by atoms with Crippen molar-refractivity contribution in [1.29, 1.82) is 0 Å². The van der Waals surface area contributed by atoms with Gasteiger partial charge in [0.15, 0.2) is 5.13 Å². The fourth-order valence-corrected chi connectivity index (χ4v) is 6.79. The third-order valence-corrected chi connectivity index (χ3v) is 9.47. The number of anilines is 2. The second-order valence-electron chi connectivity index (χ2n) is 9.94. The van der Waals surface area contributed by atoms with Crippen LogP contribution in [0.25, 0.3) is 17.3 Å². The summed E-state index contributed by atoms with van der Waals surface area (Å²) in [6.45, 7) is 1.77. The van der Waals surface area contributed by atoms with Gasteiger partial charge in [0, 0.05) is 42.2 Å². The first-order valence-corrected chi connectivity index (χ1v) is 17.2. The van der Waals surface area contributed by atoms with Crippen LogP contribution in [0.2, 0.25) is 20.1 Å². The zero-order valence-corrected chi connectivity index (χ0v) is 29.0. The number of benzene rings is 4. The smallest absolute Gasteiger partial charge is 0.272 e. The molecule has 3 amide bonds. The zero-order chi connectivity index (χ0) is 33.5. The maximum absolute atomic E-state index is 13.5. The van der Waals surface area contributed by atoms with Crippen LogP contribution in [0.3, 0.4) is 0 Å². The number of thioether (sulfide) groups is 1. The van der Waals surface area contributed by atoms with Gasteiger partial charge in [0.05, 0.1) is 16.0 Å². The van der Waals surface area contributed by atoms with Gasteiger partial charge in [-0.25, -0.2) is 4.98 Å². The van der Waals surface area contributed by atoms with Crippen LogP contribution in [-0.2, 0) is 9.59 Å². The molecule has 0 spiro atoms. The first-order chi connectivity index (χ1) is 22.5. The van der Waals surface area contributed by atoms with Crippen LogP contribution < -0.4 is 16.0 Å². The van der Waals surface area contributed by atoms with Gasteiger partial charge >= 0.3 is 0 Å².